The van der Waals surface area contributed by atoms with Gasteiger partial charge in [0.1, 0.15) is 6.17 Å². The van der Waals surface area contributed by atoms with Crippen LogP contribution in [0.1, 0.15) is 19.3 Å². The third kappa shape index (κ3) is 1.15. The maximum absolute atomic E-state index is 12.6. The van der Waals surface area contributed by atoms with Gasteiger partial charge in [-0.15, -0.1) is 0 Å². The molecule has 0 radical (unpaired) electrons. The molecule has 52 valence electrons. The summed E-state index contributed by atoms with van der Waals surface area (Å²) in [7, 11) is 0. The van der Waals surface area contributed by atoms with Gasteiger partial charge in [-0.1, -0.05) is 0 Å². The molecule has 1 aliphatic rings. The van der Waals surface area contributed by atoms with Crippen molar-refractivity contribution in [3.05, 3.63) is 11.4 Å². The van der Waals surface area contributed by atoms with Gasteiger partial charge >= 0.3 is 0 Å². The second-order valence-electron chi connectivity index (χ2n) is 2.34. The van der Waals surface area contributed by atoms with Crippen molar-refractivity contribution in [2.45, 2.75) is 25.4 Å². The van der Waals surface area contributed by atoms with Crippen molar-refractivity contribution < 1.29 is 4.39 Å². The van der Waals surface area contributed by atoms with E-state index >= 15 is 0 Å². The quantitative estimate of drug-likeness (QED) is 0.505. The monoisotopic (exact) mass is 130 g/mol. The molecule has 1 atom stereocenters. The summed E-state index contributed by atoms with van der Waals surface area (Å²) in [6.07, 6.45) is 1.13. The smallest absolute Gasteiger partial charge is 0.141 e. The number of allylic oxidation sites excluding steroid dienone is 2. The van der Waals surface area contributed by atoms with Crippen LogP contribution in [-0.4, -0.2) is 6.17 Å². The van der Waals surface area contributed by atoms with Crippen molar-refractivity contribution >= 4 is 0 Å². The fraction of sp³-hybridized carbons (Fsp3) is 0.667. The standard InChI is InChI=1S/C6H11FN2/c7-4-2-1-3-5(8)6(4)9/h4H,1-3,8-9H2/t4-/m1/s1. The fourth-order valence-electron chi connectivity index (χ4n) is 0.973. The maximum Gasteiger partial charge on any atom is 0.141 e. The lowest BCUT2D eigenvalue weighted by molar-refractivity contribution is 0.333. The number of hydrogen-bond acceptors (Lipinski definition) is 2. The van der Waals surface area contributed by atoms with Crippen molar-refractivity contribution in [2.75, 3.05) is 0 Å². The molecule has 0 heterocycles. The second kappa shape index (κ2) is 2.25. The zero-order valence-corrected chi connectivity index (χ0v) is 5.23. The van der Waals surface area contributed by atoms with Gasteiger partial charge in [0.2, 0.25) is 0 Å². The van der Waals surface area contributed by atoms with E-state index in [0.717, 1.165) is 12.8 Å². The van der Waals surface area contributed by atoms with Crippen LogP contribution in [0.2, 0.25) is 0 Å². The lowest BCUT2D eigenvalue weighted by Gasteiger charge is -2.16. The third-order valence-corrected chi connectivity index (χ3v) is 1.61. The Kier molecular flexibility index (Phi) is 1.60. The average molecular weight is 130 g/mol. The van der Waals surface area contributed by atoms with Gasteiger partial charge in [-0.3, -0.25) is 0 Å². The van der Waals surface area contributed by atoms with Gasteiger partial charge in [0.25, 0.3) is 0 Å². The molecule has 0 aromatic rings. The number of alkyl halides is 1. The first-order valence-corrected chi connectivity index (χ1v) is 3.10. The predicted molar refractivity (Wildman–Crippen MR) is 34.1 cm³/mol. The van der Waals surface area contributed by atoms with E-state index in [1.54, 1.807) is 0 Å². The van der Waals surface area contributed by atoms with Crippen LogP contribution in [-0.2, 0) is 0 Å². The number of rotatable bonds is 0. The van der Waals surface area contributed by atoms with Gasteiger partial charge in [-0.05, 0) is 19.3 Å². The molecule has 0 saturated carbocycles. The first-order valence-electron chi connectivity index (χ1n) is 3.10. The highest BCUT2D eigenvalue weighted by Crippen LogP contribution is 2.20. The van der Waals surface area contributed by atoms with E-state index in [2.05, 4.69) is 0 Å². The van der Waals surface area contributed by atoms with E-state index < -0.39 is 6.17 Å². The molecule has 3 heteroatoms. The Morgan fingerprint density at radius 3 is 2.56 bits per heavy atom. The van der Waals surface area contributed by atoms with Gasteiger partial charge in [0, 0.05) is 5.70 Å². The van der Waals surface area contributed by atoms with Crippen LogP contribution in [0, 0.1) is 0 Å². The zero-order valence-electron chi connectivity index (χ0n) is 5.23. The van der Waals surface area contributed by atoms with Crippen LogP contribution in [0.15, 0.2) is 11.4 Å². The van der Waals surface area contributed by atoms with Gasteiger partial charge in [-0.2, -0.15) is 0 Å². The lowest BCUT2D eigenvalue weighted by atomic mass is 10.0. The molecule has 1 rings (SSSR count). The Labute approximate surface area is 53.7 Å². The molecule has 4 N–H and O–H groups in total. The van der Waals surface area contributed by atoms with Crippen LogP contribution in [0.4, 0.5) is 4.39 Å². The Balaban J connectivity index is 2.72. The highest BCUT2D eigenvalue weighted by atomic mass is 19.1. The molecule has 2 nitrogen and oxygen atoms in total. The average Bonchev–Trinajstić information content (AvgIpc) is 1.83. The first kappa shape index (κ1) is 6.39. The molecule has 0 bridgehead atoms. The summed E-state index contributed by atoms with van der Waals surface area (Å²) >= 11 is 0. The molecule has 0 aliphatic heterocycles. The molecule has 1 aliphatic carbocycles. The van der Waals surface area contributed by atoms with Crippen molar-refractivity contribution in [2.24, 2.45) is 11.5 Å². The van der Waals surface area contributed by atoms with E-state index in [9.17, 15) is 4.39 Å². The van der Waals surface area contributed by atoms with Crippen LogP contribution < -0.4 is 11.5 Å². The molecule has 0 aromatic heterocycles. The summed E-state index contributed by atoms with van der Waals surface area (Å²) in [4.78, 5) is 0. The Hall–Kier alpha value is -0.730. The summed E-state index contributed by atoms with van der Waals surface area (Å²) in [5.41, 5.74) is 11.5. The molecule has 0 unspecified atom stereocenters. The van der Waals surface area contributed by atoms with Gasteiger partial charge in [0.05, 0.1) is 5.70 Å². The summed E-state index contributed by atoms with van der Waals surface area (Å²) in [6, 6.07) is 0. The predicted octanol–water partition coefficient (Wildman–Crippen LogP) is 0.637. The summed E-state index contributed by atoms with van der Waals surface area (Å²) < 4.78 is 12.6. The third-order valence-electron chi connectivity index (χ3n) is 1.61. The number of halogens is 1. The Morgan fingerprint density at radius 2 is 2.11 bits per heavy atom. The fourth-order valence-corrected chi connectivity index (χ4v) is 0.973. The second-order valence-corrected chi connectivity index (χ2v) is 2.34. The lowest BCUT2D eigenvalue weighted by Crippen LogP contribution is -2.23. The van der Waals surface area contributed by atoms with Gasteiger partial charge < -0.3 is 11.5 Å². The van der Waals surface area contributed by atoms with E-state index in [1.165, 1.54) is 0 Å². The molecule has 0 amide bonds. The van der Waals surface area contributed by atoms with Gasteiger partial charge in [-0.25, -0.2) is 4.39 Å². The Bertz CT molecular complexity index is 142. The highest BCUT2D eigenvalue weighted by molar-refractivity contribution is 5.14. The molecule has 0 saturated heterocycles. The first-order chi connectivity index (χ1) is 4.22. The van der Waals surface area contributed by atoms with E-state index in [-0.39, 0.29) is 5.70 Å². The summed E-state index contributed by atoms with van der Waals surface area (Å²) in [6.45, 7) is 0. The van der Waals surface area contributed by atoms with Crippen molar-refractivity contribution in [1.29, 1.82) is 0 Å². The van der Waals surface area contributed by atoms with Crippen LogP contribution in [0.25, 0.3) is 0 Å². The highest BCUT2D eigenvalue weighted by Gasteiger charge is 2.17. The molecule has 9 heavy (non-hydrogen) atoms. The van der Waals surface area contributed by atoms with E-state index in [4.69, 9.17) is 11.5 Å². The van der Waals surface area contributed by atoms with Crippen molar-refractivity contribution in [3.8, 4) is 0 Å². The summed E-state index contributed by atoms with van der Waals surface area (Å²) in [5.74, 6) is 0. The number of nitrogens with two attached hydrogens (primary N) is 2. The zero-order chi connectivity index (χ0) is 6.85. The van der Waals surface area contributed by atoms with Crippen molar-refractivity contribution in [1.82, 2.24) is 0 Å². The van der Waals surface area contributed by atoms with Crippen LogP contribution in [0.3, 0.4) is 0 Å². The topological polar surface area (TPSA) is 52.0 Å². The molecule has 0 aromatic carbocycles. The normalized spacial score (nSPS) is 28.8. The van der Waals surface area contributed by atoms with Crippen LogP contribution >= 0.6 is 0 Å². The van der Waals surface area contributed by atoms with Crippen LogP contribution in [0.5, 0.6) is 0 Å². The van der Waals surface area contributed by atoms with Crippen molar-refractivity contribution in [3.63, 3.8) is 0 Å². The maximum atomic E-state index is 12.6. The molecular weight excluding hydrogens is 119 g/mol. The largest absolute Gasteiger partial charge is 0.401 e. The minimum atomic E-state index is -0.987. The summed E-state index contributed by atoms with van der Waals surface area (Å²) in [5, 5.41) is 0. The van der Waals surface area contributed by atoms with E-state index in [1.807, 2.05) is 0 Å². The molecule has 0 spiro atoms. The number of hydrogen-bond donors (Lipinski definition) is 2. The minimum absolute atomic E-state index is 0.251. The molecule has 0 fully saturated rings. The minimum Gasteiger partial charge on any atom is -0.401 e. The SMILES string of the molecule is NC1=C(N)[C@H](F)CCC1. The molecular formula is C6H11FN2. The van der Waals surface area contributed by atoms with Gasteiger partial charge in [0.15, 0.2) is 0 Å². The van der Waals surface area contributed by atoms with E-state index in [0.29, 0.717) is 12.1 Å². The Morgan fingerprint density at radius 1 is 1.44 bits per heavy atom.